The lowest BCUT2D eigenvalue weighted by atomic mass is 9.96. The molecule has 154 valence electrons. The monoisotopic (exact) mass is 396 g/mol. The van der Waals surface area contributed by atoms with E-state index in [9.17, 15) is 0 Å². The molecule has 0 saturated carbocycles. The van der Waals surface area contributed by atoms with Crippen molar-refractivity contribution in [2.45, 2.75) is 53.5 Å². The Bertz CT molecular complexity index is 1150. The third-order valence-corrected chi connectivity index (χ3v) is 6.03. The minimum absolute atomic E-state index is 0.232. The number of hydrogen-bond acceptors (Lipinski definition) is 1. The summed E-state index contributed by atoms with van der Waals surface area (Å²) in [6.45, 7) is 12.0. The van der Waals surface area contributed by atoms with Crippen LogP contribution in [0.3, 0.4) is 0 Å². The Hall–Kier alpha value is -2.87. The van der Waals surface area contributed by atoms with Gasteiger partial charge in [-0.15, -0.1) is 0 Å². The quantitative estimate of drug-likeness (QED) is 0.341. The largest absolute Gasteiger partial charge is 0.323 e. The molecule has 4 aromatic rings. The first-order valence-corrected chi connectivity index (χ1v) is 11.0. The fourth-order valence-corrected chi connectivity index (χ4v) is 4.29. The summed E-state index contributed by atoms with van der Waals surface area (Å²) in [4.78, 5) is 5.07. The summed E-state index contributed by atoms with van der Waals surface area (Å²) in [6.07, 6.45) is 1.12. The predicted octanol–water partition coefficient (Wildman–Crippen LogP) is 7.05. The van der Waals surface area contributed by atoms with E-state index in [4.69, 9.17) is 4.98 Å². The van der Waals surface area contributed by atoms with E-state index in [1.54, 1.807) is 0 Å². The molecule has 1 heterocycles. The van der Waals surface area contributed by atoms with Crippen LogP contribution in [0.15, 0.2) is 66.7 Å². The number of aromatic nitrogens is 2. The Morgan fingerprint density at radius 2 is 1.60 bits per heavy atom. The van der Waals surface area contributed by atoms with E-state index in [-0.39, 0.29) is 5.92 Å². The van der Waals surface area contributed by atoms with Crippen molar-refractivity contribution in [1.29, 1.82) is 0 Å². The lowest BCUT2D eigenvalue weighted by Gasteiger charge is -2.17. The van der Waals surface area contributed by atoms with Gasteiger partial charge in [0.05, 0.1) is 11.0 Å². The highest BCUT2D eigenvalue weighted by molar-refractivity contribution is 5.76. The second-order valence-electron chi connectivity index (χ2n) is 9.04. The summed E-state index contributed by atoms with van der Waals surface area (Å²) in [5, 5.41) is 0. The number of benzene rings is 3. The number of rotatable bonds is 6. The maximum Gasteiger partial charge on any atom is 0.117 e. The average Bonchev–Trinajstić information content (AvgIpc) is 3.09. The summed E-state index contributed by atoms with van der Waals surface area (Å²) in [6, 6.07) is 24.3. The highest BCUT2D eigenvalue weighted by Gasteiger charge is 2.19. The molecule has 0 N–H and O–H groups in total. The van der Waals surface area contributed by atoms with Gasteiger partial charge in [0.1, 0.15) is 5.82 Å². The van der Waals surface area contributed by atoms with Crippen molar-refractivity contribution in [3.05, 3.63) is 100 Å². The van der Waals surface area contributed by atoms with Crippen molar-refractivity contribution in [2.24, 2.45) is 5.92 Å². The molecule has 0 aliphatic carbocycles. The first-order chi connectivity index (χ1) is 14.4. The fourth-order valence-electron chi connectivity index (χ4n) is 4.29. The molecule has 0 aliphatic rings. The lowest BCUT2D eigenvalue weighted by molar-refractivity contribution is 0.646. The lowest BCUT2D eigenvalue weighted by Crippen LogP contribution is -2.10. The van der Waals surface area contributed by atoms with Gasteiger partial charge >= 0.3 is 0 Å². The second-order valence-corrected chi connectivity index (χ2v) is 9.04. The zero-order chi connectivity index (χ0) is 21.3. The number of nitrogens with zero attached hydrogens (tertiary/aromatic N) is 2. The van der Waals surface area contributed by atoms with Gasteiger partial charge in [-0.05, 0) is 60.6 Å². The third-order valence-electron chi connectivity index (χ3n) is 6.03. The van der Waals surface area contributed by atoms with E-state index in [0.29, 0.717) is 5.92 Å². The number of hydrogen-bond donors (Lipinski definition) is 0. The summed E-state index contributed by atoms with van der Waals surface area (Å²) in [5.41, 5.74) is 8.99. The summed E-state index contributed by atoms with van der Waals surface area (Å²) < 4.78 is 2.41. The molecule has 0 amide bonds. The van der Waals surface area contributed by atoms with Crippen LogP contribution >= 0.6 is 0 Å². The predicted molar refractivity (Wildman–Crippen MR) is 127 cm³/mol. The highest BCUT2D eigenvalue weighted by atomic mass is 15.1. The molecule has 1 unspecified atom stereocenters. The first kappa shape index (κ1) is 20.4. The molecule has 1 aromatic heterocycles. The maximum absolute atomic E-state index is 5.07. The van der Waals surface area contributed by atoms with Crippen LogP contribution in [0.25, 0.3) is 11.0 Å². The Labute approximate surface area is 180 Å². The normalized spacial score (nSPS) is 12.6. The van der Waals surface area contributed by atoms with Crippen molar-refractivity contribution in [1.82, 2.24) is 9.55 Å². The van der Waals surface area contributed by atoms with Gasteiger partial charge in [0, 0.05) is 12.5 Å². The molecule has 2 heteroatoms. The Balaban J connectivity index is 1.75. The second kappa shape index (κ2) is 8.47. The van der Waals surface area contributed by atoms with Gasteiger partial charge in [-0.2, -0.15) is 0 Å². The standard InChI is InChI=1S/C28H32N2/c1-19(2)16-23-12-14-24(15-13-23)22(5)28-29-26-8-6-7-9-27(26)30(28)18-25-17-20(3)10-11-21(25)4/h6-15,17,19,22H,16,18H2,1-5H3. The first-order valence-electron chi connectivity index (χ1n) is 11.0. The number of imidazole rings is 1. The topological polar surface area (TPSA) is 17.8 Å². The zero-order valence-electron chi connectivity index (χ0n) is 18.8. The zero-order valence-corrected chi connectivity index (χ0v) is 18.8. The molecular formula is C28H32N2. The van der Waals surface area contributed by atoms with Gasteiger partial charge < -0.3 is 4.57 Å². The SMILES string of the molecule is Cc1ccc(C)c(Cn2c(C(C)c3ccc(CC(C)C)cc3)nc3ccccc32)c1. The molecule has 0 spiro atoms. The summed E-state index contributed by atoms with van der Waals surface area (Å²) in [5.74, 6) is 2.04. The van der Waals surface area contributed by atoms with Gasteiger partial charge in [-0.3, -0.25) is 0 Å². The average molecular weight is 397 g/mol. The van der Waals surface area contributed by atoms with Crippen LogP contribution in [-0.4, -0.2) is 9.55 Å². The van der Waals surface area contributed by atoms with E-state index in [0.717, 1.165) is 24.3 Å². The van der Waals surface area contributed by atoms with Gasteiger partial charge in [-0.1, -0.05) is 80.9 Å². The Morgan fingerprint density at radius 3 is 2.33 bits per heavy atom. The smallest absolute Gasteiger partial charge is 0.117 e. The molecule has 30 heavy (non-hydrogen) atoms. The molecule has 0 fully saturated rings. The minimum Gasteiger partial charge on any atom is -0.323 e. The Kier molecular flexibility index (Phi) is 5.76. The van der Waals surface area contributed by atoms with Gasteiger partial charge in [0.15, 0.2) is 0 Å². The number of para-hydroxylation sites is 2. The Morgan fingerprint density at radius 1 is 0.867 bits per heavy atom. The van der Waals surface area contributed by atoms with Gasteiger partial charge in [-0.25, -0.2) is 4.98 Å². The molecule has 1 atom stereocenters. The molecule has 3 aromatic carbocycles. The molecular weight excluding hydrogens is 364 g/mol. The van der Waals surface area contributed by atoms with Crippen molar-refractivity contribution >= 4 is 11.0 Å². The fraction of sp³-hybridized carbons (Fsp3) is 0.321. The van der Waals surface area contributed by atoms with E-state index in [1.807, 2.05) is 0 Å². The minimum atomic E-state index is 0.232. The van der Waals surface area contributed by atoms with Crippen molar-refractivity contribution in [3.8, 4) is 0 Å². The van der Waals surface area contributed by atoms with E-state index in [2.05, 4.69) is 106 Å². The van der Waals surface area contributed by atoms with Crippen molar-refractivity contribution < 1.29 is 0 Å². The van der Waals surface area contributed by atoms with Gasteiger partial charge in [0.25, 0.3) is 0 Å². The highest BCUT2D eigenvalue weighted by Crippen LogP contribution is 2.29. The number of aryl methyl sites for hydroxylation is 2. The van der Waals surface area contributed by atoms with E-state index in [1.165, 1.54) is 33.3 Å². The number of fused-ring (bicyclic) bond motifs is 1. The van der Waals surface area contributed by atoms with Crippen LogP contribution in [0.2, 0.25) is 0 Å². The molecule has 0 aliphatic heterocycles. The molecule has 0 bridgehead atoms. The third kappa shape index (κ3) is 4.18. The maximum atomic E-state index is 5.07. The summed E-state index contributed by atoms with van der Waals surface area (Å²) >= 11 is 0. The van der Waals surface area contributed by atoms with Crippen LogP contribution in [0, 0.1) is 19.8 Å². The van der Waals surface area contributed by atoms with Crippen molar-refractivity contribution in [2.75, 3.05) is 0 Å². The molecule has 0 saturated heterocycles. The van der Waals surface area contributed by atoms with Crippen LogP contribution in [0.1, 0.15) is 60.3 Å². The van der Waals surface area contributed by atoms with E-state index < -0.39 is 0 Å². The van der Waals surface area contributed by atoms with Crippen LogP contribution in [0.5, 0.6) is 0 Å². The van der Waals surface area contributed by atoms with Crippen LogP contribution in [0.4, 0.5) is 0 Å². The molecule has 2 nitrogen and oxygen atoms in total. The molecule has 4 rings (SSSR count). The van der Waals surface area contributed by atoms with Gasteiger partial charge in [0.2, 0.25) is 0 Å². The van der Waals surface area contributed by atoms with Crippen molar-refractivity contribution in [3.63, 3.8) is 0 Å². The van der Waals surface area contributed by atoms with E-state index >= 15 is 0 Å². The van der Waals surface area contributed by atoms with Crippen LogP contribution < -0.4 is 0 Å². The summed E-state index contributed by atoms with van der Waals surface area (Å²) in [7, 11) is 0. The molecule has 0 radical (unpaired) electrons. The van der Waals surface area contributed by atoms with Crippen LogP contribution in [-0.2, 0) is 13.0 Å².